The zero-order valence-electron chi connectivity index (χ0n) is 12.5. The lowest BCUT2D eigenvalue weighted by atomic mass is 10.2. The number of carbonyl (C=O) groups excluding carboxylic acids is 1. The number of nitrogens with zero attached hydrogens (tertiary/aromatic N) is 4. The minimum Gasteiger partial charge on any atom is -0.341 e. The molecular weight excluding hydrogens is 298 g/mol. The Labute approximate surface area is 133 Å². The van der Waals surface area contributed by atoms with Crippen LogP contribution in [0.15, 0.2) is 35.5 Å². The fourth-order valence-electron chi connectivity index (χ4n) is 2.19. The Morgan fingerprint density at radius 2 is 2.09 bits per heavy atom. The third-order valence-electron chi connectivity index (χ3n) is 3.65. The summed E-state index contributed by atoms with van der Waals surface area (Å²) in [6, 6.07) is 9.93. The summed E-state index contributed by atoms with van der Waals surface area (Å²) in [4.78, 5) is 13.9. The lowest BCUT2D eigenvalue weighted by Gasteiger charge is -2.16. The van der Waals surface area contributed by atoms with E-state index in [1.807, 2.05) is 30.3 Å². The van der Waals surface area contributed by atoms with Crippen LogP contribution >= 0.6 is 11.8 Å². The molecule has 3 rings (SSSR count). The van der Waals surface area contributed by atoms with Crippen molar-refractivity contribution in [2.24, 2.45) is 0 Å². The molecule has 0 saturated heterocycles. The Bertz CT molecular complexity index is 653. The zero-order valence-corrected chi connectivity index (χ0v) is 13.3. The van der Waals surface area contributed by atoms with Gasteiger partial charge in [0.25, 0.3) is 0 Å². The summed E-state index contributed by atoms with van der Waals surface area (Å²) in [7, 11) is 1.80. The Balaban J connectivity index is 1.53. The summed E-state index contributed by atoms with van der Waals surface area (Å²) >= 11 is 1.33. The second-order valence-corrected chi connectivity index (χ2v) is 6.45. The van der Waals surface area contributed by atoms with Crippen LogP contribution in [0.25, 0.3) is 0 Å². The fraction of sp³-hybridized carbons (Fsp3) is 0.400. The van der Waals surface area contributed by atoms with Crippen LogP contribution in [0.1, 0.15) is 30.1 Å². The van der Waals surface area contributed by atoms with Gasteiger partial charge in [-0.15, -0.1) is 10.2 Å². The van der Waals surface area contributed by atoms with E-state index in [1.54, 1.807) is 11.9 Å². The molecule has 6 nitrogen and oxygen atoms in total. The first kappa shape index (κ1) is 14.9. The van der Waals surface area contributed by atoms with Gasteiger partial charge in [0.15, 0.2) is 5.82 Å². The molecule has 0 unspecified atom stereocenters. The van der Waals surface area contributed by atoms with Crippen LogP contribution in [0.2, 0.25) is 0 Å². The van der Waals surface area contributed by atoms with Crippen LogP contribution in [0.4, 0.5) is 0 Å². The van der Waals surface area contributed by atoms with Crippen molar-refractivity contribution in [1.29, 1.82) is 0 Å². The normalized spacial score (nSPS) is 14.0. The minimum absolute atomic E-state index is 0.0461. The van der Waals surface area contributed by atoms with Crippen molar-refractivity contribution < 1.29 is 4.79 Å². The minimum atomic E-state index is 0.0461. The summed E-state index contributed by atoms with van der Waals surface area (Å²) in [5.74, 6) is 7.61. The largest absolute Gasteiger partial charge is 0.341 e. The number of hydrogen-bond acceptors (Lipinski definition) is 5. The van der Waals surface area contributed by atoms with Gasteiger partial charge in [0.2, 0.25) is 11.1 Å². The van der Waals surface area contributed by atoms with Gasteiger partial charge < -0.3 is 10.7 Å². The van der Waals surface area contributed by atoms with Crippen LogP contribution in [0.5, 0.6) is 0 Å². The second kappa shape index (κ2) is 6.39. The van der Waals surface area contributed by atoms with Gasteiger partial charge in [0.05, 0.1) is 5.75 Å². The lowest BCUT2D eigenvalue weighted by molar-refractivity contribution is -0.127. The van der Waals surface area contributed by atoms with Crippen LogP contribution in [-0.2, 0) is 11.3 Å². The number of carbonyl (C=O) groups is 1. The Morgan fingerprint density at radius 1 is 1.36 bits per heavy atom. The van der Waals surface area contributed by atoms with Gasteiger partial charge in [0.1, 0.15) is 0 Å². The van der Waals surface area contributed by atoms with E-state index in [4.69, 9.17) is 5.84 Å². The number of nitrogen functional groups attached to an aromatic ring is 1. The Morgan fingerprint density at radius 3 is 2.77 bits per heavy atom. The van der Waals surface area contributed by atoms with Gasteiger partial charge in [0, 0.05) is 19.5 Å². The maximum Gasteiger partial charge on any atom is 0.233 e. The molecule has 2 N–H and O–H groups in total. The van der Waals surface area contributed by atoms with Gasteiger partial charge in [-0.25, -0.2) is 4.68 Å². The van der Waals surface area contributed by atoms with E-state index in [0.29, 0.717) is 23.4 Å². The molecule has 1 amide bonds. The average Bonchev–Trinajstić information content (AvgIpc) is 3.30. The number of hydrogen-bond donors (Lipinski definition) is 1. The third-order valence-corrected chi connectivity index (χ3v) is 4.57. The highest BCUT2D eigenvalue weighted by atomic mass is 32.2. The SMILES string of the molecule is CN(Cc1ccccc1)C(=O)CSc1nnc(C2CC2)n1N. The first-order chi connectivity index (χ1) is 10.6. The molecule has 1 aromatic heterocycles. The second-order valence-electron chi connectivity index (χ2n) is 5.51. The van der Waals surface area contributed by atoms with E-state index < -0.39 is 0 Å². The third kappa shape index (κ3) is 3.41. The van der Waals surface area contributed by atoms with E-state index in [9.17, 15) is 4.79 Å². The van der Waals surface area contributed by atoms with Crippen molar-refractivity contribution in [3.8, 4) is 0 Å². The number of thioether (sulfide) groups is 1. The molecule has 0 atom stereocenters. The van der Waals surface area contributed by atoms with Gasteiger partial charge >= 0.3 is 0 Å². The molecule has 1 heterocycles. The summed E-state index contributed by atoms with van der Waals surface area (Å²) in [5.41, 5.74) is 1.11. The van der Waals surface area contributed by atoms with E-state index in [0.717, 1.165) is 24.2 Å². The van der Waals surface area contributed by atoms with E-state index in [2.05, 4.69) is 10.2 Å². The zero-order chi connectivity index (χ0) is 15.5. The molecule has 2 aromatic rings. The molecule has 22 heavy (non-hydrogen) atoms. The summed E-state index contributed by atoms with van der Waals surface area (Å²) in [6.45, 7) is 0.600. The molecule has 1 saturated carbocycles. The first-order valence-electron chi connectivity index (χ1n) is 7.26. The molecule has 0 aliphatic heterocycles. The monoisotopic (exact) mass is 317 g/mol. The molecule has 1 fully saturated rings. The van der Waals surface area contributed by atoms with Crippen molar-refractivity contribution in [2.45, 2.75) is 30.5 Å². The maximum atomic E-state index is 12.2. The number of rotatable bonds is 6. The van der Waals surface area contributed by atoms with Gasteiger partial charge in [-0.1, -0.05) is 42.1 Å². The summed E-state index contributed by atoms with van der Waals surface area (Å²) in [6.07, 6.45) is 2.25. The topological polar surface area (TPSA) is 77.0 Å². The van der Waals surface area contributed by atoms with Crippen LogP contribution in [0.3, 0.4) is 0 Å². The van der Waals surface area contributed by atoms with Crippen molar-refractivity contribution in [3.63, 3.8) is 0 Å². The highest BCUT2D eigenvalue weighted by Gasteiger charge is 2.30. The molecule has 0 spiro atoms. The smallest absolute Gasteiger partial charge is 0.233 e. The van der Waals surface area contributed by atoms with Crippen LogP contribution in [0, 0.1) is 0 Å². The lowest BCUT2D eigenvalue weighted by Crippen LogP contribution is -2.28. The molecular formula is C15H19N5OS. The highest BCUT2D eigenvalue weighted by molar-refractivity contribution is 7.99. The molecule has 1 aromatic carbocycles. The Kier molecular flexibility index (Phi) is 4.33. The predicted molar refractivity (Wildman–Crippen MR) is 85.8 cm³/mol. The molecule has 0 radical (unpaired) electrons. The summed E-state index contributed by atoms with van der Waals surface area (Å²) < 4.78 is 1.52. The maximum absolute atomic E-state index is 12.2. The molecule has 1 aliphatic rings. The number of nitrogens with two attached hydrogens (primary N) is 1. The van der Waals surface area contributed by atoms with E-state index in [1.165, 1.54) is 16.4 Å². The highest BCUT2D eigenvalue weighted by Crippen LogP contribution is 2.39. The van der Waals surface area contributed by atoms with Crippen molar-refractivity contribution in [2.75, 3.05) is 18.6 Å². The van der Waals surface area contributed by atoms with Gasteiger partial charge in [-0.3, -0.25) is 4.79 Å². The van der Waals surface area contributed by atoms with Gasteiger partial charge in [-0.05, 0) is 18.4 Å². The molecule has 7 heteroatoms. The number of benzene rings is 1. The van der Waals surface area contributed by atoms with Crippen molar-refractivity contribution in [1.82, 2.24) is 19.8 Å². The average molecular weight is 317 g/mol. The van der Waals surface area contributed by atoms with Crippen molar-refractivity contribution >= 4 is 17.7 Å². The first-order valence-corrected chi connectivity index (χ1v) is 8.25. The number of aromatic nitrogens is 3. The molecule has 1 aliphatic carbocycles. The van der Waals surface area contributed by atoms with E-state index >= 15 is 0 Å². The fourth-order valence-corrected chi connectivity index (χ4v) is 2.99. The molecule has 0 bridgehead atoms. The predicted octanol–water partition coefficient (Wildman–Crippen LogP) is 1.62. The van der Waals surface area contributed by atoms with Gasteiger partial charge in [-0.2, -0.15) is 0 Å². The standard InChI is InChI=1S/C15H19N5OS/c1-19(9-11-5-3-2-4-6-11)13(21)10-22-15-18-17-14(20(15)16)12-7-8-12/h2-6,12H,7-10,16H2,1H3. The Hall–Kier alpha value is -2.02. The van der Waals surface area contributed by atoms with E-state index in [-0.39, 0.29) is 5.91 Å². The van der Waals surface area contributed by atoms with Crippen molar-refractivity contribution in [3.05, 3.63) is 41.7 Å². The quantitative estimate of drug-likeness (QED) is 0.647. The van der Waals surface area contributed by atoms with Crippen LogP contribution < -0.4 is 5.84 Å². The molecule has 116 valence electrons. The summed E-state index contributed by atoms with van der Waals surface area (Å²) in [5, 5.41) is 8.78. The number of amides is 1. The van der Waals surface area contributed by atoms with Crippen LogP contribution in [-0.4, -0.2) is 38.5 Å².